The first kappa shape index (κ1) is 11.3. The molecule has 0 aromatic heterocycles. The molecular formula is C6H12F2O. The van der Waals surface area contributed by atoms with Crippen molar-refractivity contribution in [2.75, 3.05) is 0 Å². The van der Waals surface area contributed by atoms with Crippen LogP contribution in [-0.2, 0) is 4.79 Å². The highest BCUT2D eigenvalue weighted by atomic mass is 19.3. The second-order valence-corrected chi connectivity index (χ2v) is 1.36. The molecule has 0 saturated heterocycles. The molecule has 0 heterocycles. The Hall–Kier alpha value is -0.470. The van der Waals surface area contributed by atoms with Gasteiger partial charge in [0.2, 0.25) is 5.92 Å². The van der Waals surface area contributed by atoms with Crippen LogP contribution in [0.25, 0.3) is 0 Å². The summed E-state index contributed by atoms with van der Waals surface area (Å²) in [5.74, 6) is -2.25. The van der Waals surface area contributed by atoms with Crippen LogP contribution in [0, 0.1) is 0 Å². The lowest BCUT2D eigenvalue weighted by Crippen LogP contribution is -1.79. The van der Waals surface area contributed by atoms with Crippen LogP contribution in [0.15, 0.2) is 0 Å². The standard InChI is InChI=1S/C3H4F2.C2H6.CH2O/c4-3(5)1-2-3;2*1-2/h1-2H2;1-2H3;1H2. The maximum atomic E-state index is 11.1. The van der Waals surface area contributed by atoms with Crippen molar-refractivity contribution in [1.82, 2.24) is 0 Å². The molecule has 1 nitrogen and oxygen atoms in total. The van der Waals surface area contributed by atoms with Gasteiger partial charge in [-0.15, -0.1) is 0 Å². The molecule has 1 aliphatic rings. The third-order valence-corrected chi connectivity index (χ3v) is 0.628. The number of carbonyl (C=O) groups excluding carboxylic acids is 1. The minimum atomic E-state index is -2.25. The highest BCUT2D eigenvalue weighted by Crippen LogP contribution is 2.40. The summed E-state index contributed by atoms with van der Waals surface area (Å²) in [7, 11) is 0. The third kappa shape index (κ3) is 11.2. The van der Waals surface area contributed by atoms with E-state index in [1.165, 1.54) is 0 Å². The van der Waals surface area contributed by atoms with Gasteiger partial charge in [0.25, 0.3) is 0 Å². The van der Waals surface area contributed by atoms with Crippen molar-refractivity contribution in [3.63, 3.8) is 0 Å². The third-order valence-electron chi connectivity index (χ3n) is 0.628. The summed E-state index contributed by atoms with van der Waals surface area (Å²) in [5, 5.41) is 0. The first-order valence-electron chi connectivity index (χ1n) is 2.87. The van der Waals surface area contributed by atoms with Crippen LogP contribution in [0.2, 0.25) is 0 Å². The van der Waals surface area contributed by atoms with Crippen molar-refractivity contribution in [1.29, 1.82) is 0 Å². The van der Waals surface area contributed by atoms with E-state index < -0.39 is 5.92 Å². The van der Waals surface area contributed by atoms with Gasteiger partial charge in [-0.05, 0) is 0 Å². The molecule has 56 valence electrons. The monoisotopic (exact) mass is 138 g/mol. The summed E-state index contributed by atoms with van der Waals surface area (Å²) < 4.78 is 22.3. The molecule has 0 N–H and O–H groups in total. The van der Waals surface area contributed by atoms with E-state index in [0.717, 1.165) is 0 Å². The molecule has 0 bridgehead atoms. The van der Waals surface area contributed by atoms with Gasteiger partial charge in [-0.2, -0.15) is 0 Å². The number of carbonyl (C=O) groups is 1. The van der Waals surface area contributed by atoms with Gasteiger partial charge in [0.15, 0.2) is 0 Å². The van der Waals surface area contributed by atoms with E-state index in [-0.39, 0.29) is 12.8 Å². The first-order chi connectivity index (χ1) is 4.21. The van der Waals surface area contributed by atoms with E-state index in [0.29, 0.717) is 0 Å². The van der Waals surface area contributed by atoms with Crippen LogP contribution < -0.4 is 0 Å². The lowest BCUT2D eigenvalue weighted by Gasteiger charge is -1.76. The van der Waals surface area contributed by atoms with Crippen LogP contribution in [-0.4, -0.2) is 12.7 Å². The summed E-state index contributed by atoms with van der Waals surface area (Å²) in [6, 6.07) is 0. The highest BCUT2D eigenvalue weighted by molar-refractivity contribution is 5.10. The van der Waals surface area contributed by atoms with Crippen LogP contribution in [0.3, 0.4) is 0 Å². The maximum Gasteiger partial charge on any atom is 0.248 e. The smallest absolute Gasteiger partial charge is 0.248 e. The summed E-state index contributed by atoms with van der Waals surface area (Å²) in [6.45, 7) is 6.00. The SMILES string of the molecule is C=O.CC.FC1(F)CC1. The topological polar surface area (TPSA) is 17.1 Å². The summed E-state index contributed by atoms with van der Waals surface area (Å²) in [5.41, 5.74) is 0. The van der Waals surface area contributed by atoms with Crippen LogP contribution in [0.4, 0.5) is 8.78 Å². The Balaban J connectivity index is 0. The fraction of sp³-hybridized carbons (Fsp3) is 0.833. The van der Waals surface area contributed by atoms with Crippen molar-refractivity contribution in [3.8, 4) is 0 Å². The summed E-state index contributed by atoms with van der Waals surface area (Å²) in [6.07, 6.45) is 0.236. The van der Waals surface area contributed by atoms with E-state index in [9.17, 15) is 8.78 Å². The van der Waals surface area contributed by atoms with E-state index in [1.54, 1.807) is 0 Å². The fourth-order valence-electron chi connectivity index (χ4n) is 0.0945. The lowest BCUT2D eigenvalue weighted by molar-refractivity contribution is -0.0979. The molecular weight excluding hydrogens is 126 g/mol. The van der Waals surface area contributed by atoms with Gasteiger partial charge < -0.3 is 4.79 Å². The molecule has 1 aliphatic carbocycles. The Kier molecular flexibility index (Phi) is 7.14. The maximum absolute atomic E-state index is 11.1. The Morgan fingerprint density at radius 2 is 1.33 bits per heavy atom. The fourth-order valence-corrected chi connectivity index (χ4v) is 0.0945. The molecule has 0 aliphatic heterocycles. The van der Waals surface area contributed by atoms with Gasteiger partial charge in [0.05, 0.1) is 0 Å². The molecule has 0 spiro atoms. The van der Waals surface area contributed by atoms with Crippen LogP contribution >= 0.6 is 0 Å². The van der Waals surface area contributed by atoms with Crippen molar-refractivity contribution >= 4 is 6.79 Å². The van der Waals surface area contributed by atoms with Gasteiger partial charge in [0.1, 0.15) is 6.79 Å². The lowest BCUT2D eigenvalue weighted by atomic mass is 10.8. The number of rotatable bonds is 0. The Morgan fingerprint density at radius 3 is 1.33 bits per heavy atom. The molecule has 1 fully saturated rings. The average Bonchev–Trinajstić information content (AvgIpc) is 2.56. The molecule has 1 rings (SSSR count). The average molecular weight is 138 g/mol. The zero-order valence-electron chi connectivity index (χ0n) is 5.79. The molecule has 0 radical (unpaired) electrons. The Labute approximate surface area is 54.1 Å². The number of halogens is 2. The van der Waals surface area contributed by atoms with Gasteiger partial charge in [-0.1, -0.05) is 13.8 Å². The first-order valence-corrected chi connectivity index (χ1v) is 2.87. The van der Waals surface area contributed by atoms with Crippen molar-refractivity contribution < 1.29 is 13.6 Å². The Bertz CT molecular complexity index is 58.1. The van der Waals surface area contributed by atoms with Gasteiger partial charge in [-0.25, -0.2) is 8.78 Å². The Morgan fingerprint density at radius 1 is 1.22 bits per heavy atom. The molecule has 1 saturated carbocycles. The predicted octanol–water partition coefficient (Wildman–Crippen LogP) is 2.26. The van der Waals surface area contributed by atoms with E-state index in [2.05, 4.69) is 0 Å². The molecule has 0 amide bonds. The second-order valence-electron chi connectivity index (χ2n) is 1.36. The zero-order valence-corrected chi connectivity index (χ0v) is 5.79. The summed E-state index contributed by atoms with van der Waals surface area (Å²) >= 11 is 0. The number of hydrogen-bond acceptors (Lipinski definition) is 1. The molecule has 0 aromatic rings. The molecule has 3 heteroatoms. The predicted molar refractivity (Wildman–Crippen MR) is 32.6 cm³/mol. The van der Waals surface area contributed by atoms with Gasteiger partial charge in [-0.3, -0.25) is 0 Å². The van der Waals surface area contributed by atoms with Crippen molar-refractivity contribution in [3.05, 3.63) is 0 Å². The van der Waals surface area contributed by atoms with Gasteiger partial charge in [0, 0.05) is 12.8 Å². The van der Waals surface area contributed by atoms with Crippen molar-refractivity contribution in [2.24, 2.45) is 0 Å². The number of alkyl halides is 2. The van der Waals surface area contributed by atoms with E-state index in [4.69, 9.17) is 4.79 Å². The second kappa shape index (κ2) is 5.66. The normalized spacial score (nSPS) is 17.8. The molecule has 0 unspecified atom stereocenters. The summed E-state index contributed by atoms with van der Waals surface area (Å²) in [4.78, 5) is 8.00. The van der Waals surface area contributed by atoms with Gasteiger partial charge >= 0.3 is 0 Å². The van der Waals surface area contributed by atoms with Crippen LogP contribution in [0.1, 0.15) is 26.7 Å². The minimum Gasteiger partial charge on any atom is -0.307 e. The quantitative estimate of drug-likeness (QED) is 0.501. The molecule has 0 aromatic carbocycles. The van der Waals surface area contributed by atoms with E-state index >= 15 is 0 Å². The van der Waals surface area contributed by atoms with Crippen LogP contribution in [0.5, 0.6) is 0 Å². The zero-order chi connectivity index (χ0) is 7.91. The highest BCUT2D eigenvalue weighted by Gasteiger charge is 2.43. The van der Waals surface area contributed by atoms with E-state index in [1.807, 2.05) is 20.6 Å². The molecule has 9 heavy (non-hydrogen) atoms. The number of hydrogen-bond donors (Lipinski definition) is 0. The minimum absolute atomic E-state index is 0.118. The van der Waals surface area contributed by atoms with Crippen molar-refractivity contribution in [2.45, 2.75) is 32.6 Å². The molecule has 0 atom stereocenters. The largest absolute Gasteiger partial charge is 0.307 e.